The van der Waals surface area contributed by atoms with Gasteiger partial charge in [-0.1, -0.05) is 6.92 Å². The van der Waals surface area contributed by atoms with Crippen LogP contribution in [0.5, 0.6) is 0 Å². The summed E-state index contributed by atoms with van der Waals surface area (Å²) in [7, 11) is -3.57. The molecule has 0 radical (unpaired) electrons. The summed E-state index contributed by atoms with van der Waals surface area (Å²) >= 11 is 3.32. The van der Waals surface area contributed by atoms with Crippen molar-refractivity contribution >= 4 is 43.5 Å². The first-order chi connectivity index (χ1) is 16.6. The molecule has 182 valence electrons. The van der Waals surface area contributed by atoms with Crippen LogP contribution >= 0.6 is 15.9 Å². The van der Waals surface area contributed by atoms with Gasteiger partial charge in [0.1, 0.15) is 11.5 Å². The van der Waals surface area contributed by atoms with Gasteiger partial charge in [-0.25, -0.2) is 8.42 Å². The number of hydrogen-bond donors (Lipinski definition) is 0. The normalized spacial score (nSPS) is 15.5. The standard InChI is InChI=1S/C25H23BrN2O6S/c1-17-12-14-27(15-13-17)35(32,33)21-7-2-18(3-8-21)24(29)10-5-20-6-11-25(34-20)22-9-4-19(28(30)31)16-23(22)26/h2-11,16-17H,12-15H2,1H3. The predicted molar refractivity (Wildman–Crippen MR) is 135 cm³/mol. The molecule has 35 heavy (non-hydrogen) atoms. The fourth-order valence-electron chi connectivity index (χ4n) is 3.82. The van der Waals surface area contributed by atoms with Crippen molar-refractivity contribution in [2.24, 2.45) is 5.92 Å². The third kappa shape index (κ3) is 5.61. The summed E-state index contributed by atoms with van der Waals surface area (Å²) < 4.78 is 33.5. The van der Waals surface area contributed by atoms with Crippen molar-refractivity contribution in [2.75, 3.05) is 13.1 Å². The Kier molecular flexibility index (Phi) is 7.34. The second-order valence-corrected chi connectivity index (χ2v) is 11.2. The second kappa shape index (κ2) is 10.3. The number of hydrogen-bond acceptors (Lipinski definition) is 6. The van der Waals surface area contributed by atoms with Gasteiger partial charge >= 0.3 is 0 Å². The van der Waals surface area contributed by atoms with Crippen molar-refractivity contribution in [3.8, 4) is 11.3 Å². The van der Waals surface area contributed by atoms with Crippen LogP contribution in [0.4, 0.5) is 5.69 Å². The van der Waals surface area contributed by atoms with Crippen molar-refractivity contribution in [3.05, 3.63) is 86.6 Å². The summed E-state index contributed by atoms with van der Waals surface area (Å²) in [6.45, 7) is 3.14. The van der Waals surface area contributed by atoms with Gasteiger partial charge in [0.2, 0.25) is 10.0 Å². The summed E-state index contributed by atoms with van der Waals surface area (Å²) in [6, 6.07) is 13.7. The number of non-ortho nitro benzene ring substituents is 1. The van der Waals surface area contributed by atoms with Crippen LogP contribution in [0, 0.1) is 16.0 Å². The van der Waals surface area contributed by atoms with E-state index in [9.17, 15) is 23.3 Å². The first-order valence-corrected chi connectivity index (χ1v) is 13.3. The van der Waals surface area contributed by atoms with E-state index in [2.05, 4.69) is 22.9 Å². The number of carbonyl (C=O) groups excluding carboxylic acids is 1. The van der Waals surface area contributed by atoms with Gasteiger partial charge in [-0.2, -0.15) is 4.31 Å². The van der Waals surface area contributed by atoms with E-state index < -0.39 is 14.9 Å². The average molecular weight is 559 g/mol. The molecule has 2 heterocycles. The minimum atomic E-state index is -3.57. The van der Waals surface area contributed by atoms with E-state index >= 15 is 0 Å². The molecular weight excluding hydrogens is 536 g/mol. The van der Waals surface area contributed by atoms with Crippen LogP contribution in [0.15, 0.2) is 74.5 Å². The molecule has 3 aromatic rings. The van der Waals surface area contributed by atoms with Crippen molar-refractivity contribution in [1.29, 1.82) is 0 Å². The van der Waals surface area contributed by atoms with Crippen molar-refractivity contribution in [3.63, 3.8) is 0 Å². The molecule has 1 fully saturated rings. The molecule has 1 saturated heterocycles. The fraction of sp³-hybridized carbons (Fsp3) is 0.240. The number of benzene rings is 2. The zero-order valence-electron chi connectivity index (χ0n) is 18.9. The van der Waals surface area contributed by atoms with Crippen LogP contribution in [0.25, 0.3) is 17.4 Å². The lowest BCUT2D eigenvalue weighted by molar-refractivity contribution is -0.384. The maximum Gasteiger partial charge on any atom is 0.270 e. The molecule has 8 nitrogen and oxygen atoms in total. The number of furan rings is 1. The Labute approximate surface area is 211 Å². The Balaban J connectivity index is 1.44. The van der Waals surface area contributed by atoms with Crippen molar-refractivity contribution < 1.29 is 22.6 Å². The second-order valence-electron chi connectivity index (χ2n) is 8.43. The van der Waals surface area contributed by atoms with E-state index in [1.165, 1.54) is 52.9 Å². The number of piperidine rings is 1. The lowest BCUT2D eigenvalue weighted by atomic mass is 10.0. The molecule has 0 N–H and O–H groups in total. The van der Waals surface area contributed by atoms with E-state index in [4.69, 9.17) is 4.42 Å². The van der Waals surface area contributed by atoms with Gasteiger partial charge in [0.05, 0.1) is 9.82 Å². The molecule has 2 aromatic carbocycles. The summed E-state index contributed by atoms with van der Waals surface area (Å²) in [6.07, 6.45) is 4.56. The average Bonchev–Trinajstić information content (AvgIpc) is 3.31. The van der Waals surface area contributed by atoms with Crippen LogP contribution in [-0.2, 0) is 10.0 Å². The van der Waals surface area contributed by atoms with Gasteiger partial charge in [0.25, 0.3) is 5.69 Å². The number of rotatable bonds is 7. The minimum absolute atomic E-state index is 0.0396. The smallest absolute Gasteiger partial charge is 0.270 e. The highest BCUT2D eigenvalue weighted by Gasteiger charge is 2.28. The Morgan fingerprint density at radius 2 is 1.80 bits per heavy atom. The van der Waals surface area contributed by atoms with Gasteiger partial charge in [-0.05, 0) is 89.3 Å². The zero-order chi connectivity index (χ0) is 25.2. The van der Waals surface area contributed by atoms with Gasteiger partial charge in [0.15, 0.2) is 5.78 Å². The maximum absolute atomic E-state index is 12.9. The lowest BCUT2D eigenvalue weighted by Gasteiger charge is -2.29. The SMILES string of the molecule is CC1CCN(S(=O)(=O)c2ccc(C(=O)C=Cc3ccc(-c4ccc([N+](=O)[O-])cc4Br)o3)cc2)CC1. The molecule has 0 atom stereocenters. The number of sulfonamides is 1. The summed E-state index contributed by atoms with van der Waals surface area (Å²) in [5.41, 5.74) is 0.959. The van der Waals surface area contributed by atoms with Crippen LogP contribution in [0.2, 0.25) is 0 Å². The van der Waals surface area contributed by atoms with Crippen molar-refractivity contribution in [1.82, 2.24) is 4.31 Å². The van der Waals surface area contributed by atoms with Crippen LogP contribution in [0.3, 0.4) is 0 Å². The molecular formula is C25H23BrN2O6S. The van der Waals surface area contributed by atoms with Crippen molar-refractivity contribution in [2.45, 2.75) is 24.7 Å². The Bertz CT molecular complexity index is 1390. The minimum Gasteiger partial charge on any atom is -0.457 e. The molecule has 4 rings (SSSR count). The Morgan fingerprint density at radius 3 is 2.43 bits per heavy atom. The van der Waals surface area contributed by atoms with Crippen LogP contribution in [0.1, 0.15) is 35.9 Å². The van der Waals surface area contributed by atoms with Gasteiger partial charge < -0.3 is 4.42 Å². The summed E-state index contributed by atoms with van der Waals surface area (Å²) in [5, 5.41) is 10.9. The predicted octanol–water partition coefficient (Wildman–Crippen LogP) is 5.93. The number of nitro benzene ring substituents is 1. The first-order valence-electron chi connectivity index (χ1n) is 11.0. The zero-order valence-corrected chi connectivity index (χ0v) is 21.3. The summed E-state index contributed by atoms with van der Waals surface area (Å²) in [5.74, 6) is 1.14. The van der Waals surface area contributed by atoms with Crippen LogP contribution < -0.4 is 0 Å². The van der Waals surface area contributed by atoms with E-state index in [1.807, 2.05) is 0 Å². The number of nitrogens with zero attached hydrogens (tertiary/aromatic N) is 2. The number of halogens is 1. The molecule has 1 aromatic heterocycles. The number of carbonyl (C=O) groups is 1. The quantitative estimate of drug-likeness (QED) is 0.154. The Morgan fingerprint density at radius 1 is 1.11 bits per heavy atom. The van der Waals surface area contributed by atoms with Gasteiger partial charge in [0, 0.05) is 40.8 Å². The topological polar surface area (TPSA) is 111 Å². The first kappa shape index (κ1) is 25.0. The molecule has 1 aliphatic heterocycles. The van der Waals surface area contributed by atoms with E-state index in [0.717, 1.165) is 12.8 Å². The highest BCUT2D eigenvalue weighted by Crippen LogP contribution is 2.33. The molecule has 0 aliphatic carbocycles. The fourth-order valence-corrected chi connectivity index (χ4v) is 5.86. The molecule has 0 saturated carbocycles. The molecule has 0 amide bonds. The largest absolute Gasteiger partial charge is 0.457 e. The highest BCUT2D eigenvalue weighted by atomic mass is 79.9. The van der Waals surface area contributed by atoms with E-state index in [1.54, 1.807) is 18.2 Å². The third-order valence-corrected chi connectivity index (χ3v) is 8.54. The lowest BCUT2D eigenvalue weighted by Crippen LogP contribution is -2.37. The maximum atomic E-state index is 12.9. The molecule has 0 bridgehead atoms. The number of allylic oxidation sites excluding steroid dienone is 1. The molecule has 1 aliphatic rings. The third-order valence-electron chi connectivity index (χ3n) is 5.97. The molecule has 10 heteroatoms. The monoisotopic (exact) mass is 558 g/mol. The van der Waals surface area contributed by atoms with Crippen LogP contribution in [-0.4, -0.2) is 36.5 Å². The highest BCUT2D eigenvalue weighted by molar-refractivity contribution is 9.10. The summed E-state index contributed by atoms with van der Waals surface area (Å²) in [4.78, 5) is 23.2. The van der Waals surface area contributed by atoms with E-state index in [0.29, 0.717) is 46.1 Å². The molecule has 0 unspecified atom stereocenters. The number of ketones is 1. The molecule has 0 spiro atoms. The number of nitro groups is 1. The van der Waals surface area contributed by atoms with E-state index in [-0.39, 0.29) is 16.4 Å². The van der Waals surface area contributed by atoms with Gasteiger partial charge in [-0.3, -0.25) is 14.9 Å². The van der Waals surface area contributed by atoms with Gasteiger partial charge in [-0.15, -0.1) is 0 Å². The Hall–Kier alpha value is -3.08.